The van der Waals surface area contributed by atoms with Crippen molar-refractivity contribution in [3.8, 4) is 0 Å². The highest BCUT2D eigenvalue weighted by Crippen LogP contribution is 2.21. The number of anilines is 1. The number of carbonyl (C=O) groups is 2. The summed E-state index contributed by atoms with van der Waals surface area (Å²) in [7, 11) is 0. The fourth-order valence-corrected chi connectivity index (χ4v) is 2.79. The van der Waals surface area contributed by atoms with Crippen LogP contribution in [0, 0.1) is 6.92 Å². The Morgan fingerprint density at radius 2 is 1.77 bits per heavy atom. The number of aryl methyl sites for hydroxylation is 1. The number of nitrogens with zero attached hydrogens (tertiary/aromatic N) is 4. The van der Waals surface area contributed by atoms with Gasteiger partial charge in [-0.2, -0.15) is 14.8 Å². The predicted molar refractivity (Wildman–Crippen MR) is 101 cm³/mol. The number of nitrogens with one attached hydrogen (secondary N) is 1. The Balaban J connectivity index is 1.95. The van der Waals surface area contributed by atoms with Crippen molar-refractivity contribution in [1.29, 1.82) is 0 Å². The van der Waals surface area contributed by atoms with Crippen molar-refractivity contribution in [2.75, 3.05) is 5.32 Å². The second-order valence-corrected chi connectivity index (χ2v) is 6.46. The van der Waals surface area contributed by atoms with Crippen LogP contribution in [0.4, 0.5) is 5.82 Å². The van der Waals surface area contributed by atoms with Crippen LogP contribution in [0.5, 0.6) is 0 Å². The first-order valence-electron chi connectivity index (χ1n) is 7.46. The maximum Gasteiger partial charge on any atom is 0.281 e. The van der Waals surface area contributed by atoms with Gasteiger partial charge in [-0.15, -0.1) is 0 Å². The Hall–Kier alpha value is -2.77. The number of hydrogen-bond donors (Lipinski definition) is 1. The summed E-state index contributed by atoms with van der Waals surface area (Å²) < 4.78 is 1.28. The summed E-state index contributed by atoms with van der Waals surface area (Å²) >= 11 is 11.9. The van der Waals surface area contributed by atoms with Crippen molar-refractivity contribution in [2.45, 2.75) is 13.8 Å². The zero-order valence-electron chi connectivity index (χ0n) is 13.9. The van der Waals surface area contributed by atoms with E-state index in [-0.39, 0.29) is 17.1 Å². The lowest BCUT2D eigenvalue weighted by atomic mass is 10.2. The predicted octanol–water partition coefficient (Wildman–Crippen LogP) is 3.51. The molecule has 1 aliphatic heterocycles. The van der Waals surface area contributed by atoms with Crippen molar-refractivity contribution in [3.63, 3.8) is 0 Å². The molecule has 0 radical (unpaired) electrons. The van der Waals surface area contributed by atoms with Crippen LogP contribution >= 0.6 is 23.2 Å². The lowest BCUT2D eigenvalue weighted by molar-refractivity contribution is -0.113. The third kappa shape index (κ3) is 3.58. The summed E-state index contributed by atoms with van der Waals surface area (Å²) in [6.45, 7) is 7.01. The SMILES string of the molecule is C=C1C(=O)N=C(n2nc(C)cc2NC(=O)c2cc(Cl)cc(Cl)c2)N=C1C. The molecule has 0 fully saturated rings. The molecule has 0 saturated heterocycles. The molecule has 2 heterocycles. The highest BCUT2D eigenvalue weighted by molar-refractivity contribution is 6.35. The van der Waals surface area contributed by atoms with E-state index >= 15 is 0 Å². The second kappa shape index (κ2) is 6.86. The molecule has 0 unspecified atom stereocenters. The minimum atomic E-state index is -0.500. The molecule has 1 aliphatic rings. The molecular weight excluding hydrogens is 377 g/mol. The lowest BCUT2D eigenvalue weighted by Gasteiger charge is -2.13. The number of aliphatic imine (C=N–C) groups is 2. The van der Waals surface area contributed by atoms with Gasteiger partial charge >= 0.3 is 0 Å². The third-order valence-electron chi connectivity index (χ3n) is 3.55. The molecule has 0 spiro atoms. The lowest BCUT2D eigenvalue weighted by Crippen LogP contribution is -2.25. The van der Waals surface area contributed by atoms with Gasteiger partial charge in [0.25, 0.3) is 17.8 Å². The van der Waals surface area contributed by atoms with Crippen LogP contribution in [0.25, 0.3) is 0 Å². The Morgan fingerprint density at radius 1 is 1.12 bits per heavy atom. The molecule has 0 atom stereocenters. The molecule has 132 valence electrons. The molecule has 0 aliphatic carbocycles. The zero-order chi connectivity index (χ0) is 19.0. The van der Waals surface area contributed by atoms with E-state index in [1.165, 1.54) is 22.9 Å². The minimum Gasteiger partial charge on any atom is -0.306 e. The van der Waals surface area contributed by atoms with Crippen LogP contribution < -0.4 is 5.32 Å². The van der Waals surface area contributed by atoms with Gasteiger partial charge in [-0.3, -0.25) is 9.59 Å². The molecule has 0 saturated carbocycles. The van der Waals surface area contributed by atoms with E-state index in [0.717, 1.165) is 0 Å². The molecular formula is C17H13Cl2N5O2. The fraction of sp³-hybridized carbons (Fsp3) is 0.118. The molecule has 7 nitrogen and oxygen atoms in total. The smallest absolute Gasteiger partial charge is 0.281 e. The first-order chi connectivity index (χ1) is 12.2. The number of aromatic nitrogens is 2. The number of halogens is 2. The number of benzene rings is 1. The monoisotopic (exact) mass is 389 g/mol. The van der Waals surface area contributed by atoms with Gasteiger partial charge in [-0.25, -0.2) is 4.99 Å². The van der Waals surface area contributed by atoms with Gasteiger partial charge < -0.3 is 5.32 Å². The Labute approximate surface area is 159 Å². The average Bonchev–Trinajstić information content (AvgIpc) is 2.91. The number of rotatable bonds is 2. The number of amides is 2. The summed E-state index contributed by atoms with van der Waals surface area (Å²) in [4.78, 5) is 32.5. The van der Waals surface area contributed by atoms with Crippen molar-refractivity contribution in [1.82, 2.24) is 9.78 Å². The van der Waals surface area contributed by atoms with Gasteiger partial charge in [0, 0.05) is 21.7 Å². The van der Waals surface area contributed by atoms with Gasteiger partial charge in [0.05, 0.1) is 17.0 Å². The molecule has 1 N–H and O–H groups in total. The molecule has 3 rings (SSSR count). The van der Waals surface area contributed by atoms with E-state index in [1.54, 1.807) is 19.9 Å². The topological polar surface area (TPSA) is 88.7 Å². The Kier molecular flexibility index (Phi) is 4.76. The van der Waals surface area contributed by atoms with Gasteiger partial charge in [0.1, 0.15) is 5.82 Å². The van der Waals surface area contributed by atoms with Gasteiger partial charge in [0.2, 0.25) is 0 Å². The van der Waals surface area contributed by atoms with Crippen LogP contribution in [0.3, 0.4) is 0 Å². The maximum absolute atomic E-state index is 12.5. The summed E-state index contributed by atoms with van der Waals surface area (Å²) in [5, 5.41) is 7.62. The third-order valence-corrected chi connectivity index (χ3v) is 3.99. The van der Waals surface area contributed by atoms with E-state index < -0.39 is 11.8 Å². The van der Waals surface area contributed by atoms with Crippen LogP contribution in [0.15, 0.2) is 46.4 Å². The molecule has 1 aromatic carbocycles. The number of hydrogen-bond acceptors (Lipinski definition) is 4. The van der Waals surface area contributed by atoms with Gasteiger partial charge in [-0.05, 0) is 32.0 Å². The van der Waals surface area contributed by atoms with Crippen molar-refractivity contribution < 1.29 is 9.59 Å². The standard InChI is InChI=1S/C17H13Cl2N5O2/c1-8-4-14(21-16(26)11-5-12(18)7-13(19)6-11)24(23-8)17-20-10(3)9(2)15(25)22-17/h4-7H,2H2,1,3H3,(H,21,26). The average molecular weight is 390 g/mol. The van der Waals surface area contributed by atoms with Gasteiger partial charge in [-0.1, -0.05) is 29.8 Å². The quantitative estimate of drug-likeness (QED) is 0.796. The van der Waals surface area contributed by atoms with Crippen LogP contribution in [0.2, 0.25) is 10.0 Å². The van der Waals surface area contributed by atoms with Crippen LogP contribution in [0.1, 0.15) is 23.0 Å². The molecule has 9 heteroatoms. The van der Waals surface area contributed by atoms with E-state index in [4.69, 9.17) is 23.2 Å². The van der Waals surface area contributed by atoms with Crippen molar-refractivity contribution >= 4 is 52.5 Å². The normalized spacial score (nSPS) is 14.2. The molecule has 1 aromatic heterocycles. The van der Waals surface area contributed by atoms with Gasteiger partial charge in [0.15, 0.2) is 0 Å². The summed E-state index contributed by atoms with van der Waals surface area (Å²) in [5.41, 5.74) is 1.54. The molecule has 2 amide bonds. The van der Waals surface area contributed by atoms with E-state index in [0.29, 0.717) is 27.3 Å². The molecule has 0 bridgehead atoms. The molecule has 2 aromatic rings. The molecule has 26 heavy (non-hydrogen) atoms. The second-order valence-electron chi connectivity index (χ2n) is 5.59. The van der Waals surface area contributed by atoms with E-state index in [9.17, 15) is 9.59 Å². The Bertz CT molecular complexity index is 1000. The Morgan fingerprint density at radius 3 is 2.38 bits per heavy atom. The highest BCUT2D eigenvalue weighted by Gasteiger charge is 2.21. The minimum absolute atomic E-state index is 0.0485. The number of carbonyl (C=O) groups excluding carboxylic acids is 2. The fourth-order valence-electron chi connectivity index (χ4n) is 2.26. The van der Waals surface area contributed by atoms with Crippen LogP contribution in [-0.4, -0.2) is 33.3 Å². The summed E-state index contributed by atoms with van der Waals surface area (Å²) in [6.07, 6.45) is 0. The van der Waals surface area contributed by atoms with Crippen LogP contribution in [-0.2, 0) is 4.79 Å². The van der Waals surface area contributed by atoms with Crippen molar-refractivity contribution in [3.05, 3.63) is 57.7 Å². The van der Waals surface area contributed by atoms with E-state index in [2.05, 4.69) is 27.0 Å². The first-order valence-corrected chi connectivity index (χ1v) is 8.22. The van der Waals surface area contributed by atoms with Crippen molar-refractivity contribution in [2.24, 2.45) is 9.98 Å². The summed E-state index contributed by atoms with van der Waals surface area (Å²) in [6, 6.07) is 6.14. The maximum atomic E-state index is 12.5. The van der Waals surface area contributed by atoms with E-state index in [1.807, 2.05) is 0 Å². The largest absolute Gasteiger partial charge is 0.306 e. The zero-order valence-corrected chi connectivity index (χ0v) is 15.4. The summed E-state index contributed by atoms with van der Waals surface area (Å²) in [5.74, 6) is -0.588. The first kappa shape index (κ1) is 18.0. The highest BCUT2D eigenvalue weighted by atomic mass is 35.5.